The molecule has 7 heteroatoms. The number of nitrogens with one attached hydrogen (secondary N) is 2. The summed E-state index contributed by atoms with van der Waals surface area (Å²) >= 11 is 1.71. The SMILES string of the molecule is CCNC(=NCc1nc(C)c(C)s1)NCCc1ccco1.I. The van der Waals surface area contributed by atoms with Crippen LogP contribution < -0.4 is 10.6 Å². The van der Waals surface area contributed by atoms with Gasteiger partial charge in [0.15, 0.2) is 5.96 Å². The molecule has 0 saturated carbocycles. The first-order valence-corrected chi connectivity index (χ1v) is 7.98. The monoisotopic (exact) mass is 434 g/mol. The fourth-order valence-electron chi connectivity index (χ4n) is 1.85. The number of thiazole rings is 1. The van der Waals surface area contributed by atoms with Crippen molar-refractivity contribution < 1.29 is 4.42 Å². The molecule has 2 aromatic heterocycles. The maximum absolute atomic E-state index is 5.31. The lowest BCUT2D eigenvalue weighted by molar-refractivity contribution is 0.507. The molecule has 22 heavy (non-hydrogen) atoms. The Bertz CT molecular complexity index is 561. The van der Waals surface area contributed by atoms with Crippen molar-refractivity contribution in [3.63, 3.8) is 0 Å². The van der Waals surface area contributed by atoms with Crippen molar-refractivity contribution in [1.82, 2.24) is 15.6 Å². The average molecular weight is 434 g/mol. The zero-order valence-corrected chi connectivity index (χ0v) is 16.3. The summed E-state index contributed by atoms with van der Waals surface area (Å²) in [4.78, 5) is 10.3. The third kappa shape index (κ3) is 5.96. The van der Waals surface area contributed by atoms with Crippen LogP contribution in [0.3, 0.4) is 0 Å². The van der Waals surface area contributed by atoms with Gasteiger partial charge in [0.05, 0.1) is 18.5 Å². The zero-order valence-electron chi connectivity index (χ0n) is 13.2. The van der Waals surface area contributed by atoms with Crippen LogP contribution >= 0.6 is 35.3 Å². The predicted octanol–water partition coefficient (Wildman–Crippen LogP) is 3.27. The summed E-state index contributed by atoms with van der Waals surface area (Å²) in [6.45, 7) is 8.41. The number of aryl methyl sites for hydroxylation is 2. The van der Waals surface area contributed by atoms with E-state index in [4.69, 9.17) is 4.42 Å². The van der Waals surface area contributed by atoms with E-state index >= 15 is 0 Å². The summed E-state index contributed by atoms with van der Waals surface area (Å²) in [6, 6.07) is 3.88. The van der Waals surface area contributed by atoms with Crippen molar-refractivity contribution >= 4 is 41.3 Å². The Hall–Kier alpha value is -1.09. The van der Waals surface area contributed by atoms with Gasteiger partial charge in [-0.1, -0.05) is 0 Å². The van der Waals surface area contributed by atoms with Gasteiger partial charge in [-0.15, -0.1) is 35.3 Å². The number of hydrogen-bond acceptors (Lipinski definition) is 4. The highest BCUT2D eigenvalue weighted by molar-refractivity contribution is 14.0. The molecule has 0 fully saturated rings. The Balaban J connectivity index is 0.00000242. The minimum Gasteiger partial charge on any atom is -0.469 e. The van der Waals surface area contributed by atoms with Crippen LogP contribution in [-0.2, 0) is 13.0 Å². The molecule has 0 spiro atoms. The Morgan fingerprint density at radius 1 is 1.36 bits per heavy atom. The lowest BCUT2D eigenvalue weighted by atomic mass is 10.3. The summed E-state index contributed by atoms with van der Waals surface area (Å²) in [5.74, 6) is 1.79. The highest BCUT2D eigenvalue weighted by atomic mass is 127. The number of aliphatic imine (C=N–C) groups is 1. The second-order valence-corrected chi connectivity index (χ2v) is 5.99. The molecule has 0 radical (unpaired) electrons. The van der Waals surface area contributed by atoms with Crippen LogP contribution in [0, 0.1) is 13.8 Å². The second-order valence-electron chi connectivity index (χ2n) is 4.70. The van der Waals surface area contributed by atoms with Gasteiger partial charge in [0, 0.05) is 24.4 Å². The fraction of sp³-hybridized carbons (Fsp3) is 0.467. The lowest BCUT2D eigenvalue weighted by Gasteiger charge is -2.10. The van der Waals surface area contributed by atoms with Crippen LogP contribution in [0.4, 0.5) is 0 Å². The van der Waals surface area contributed by atoms with Gasteiger partial charge in [-0.25, -0.2) is 9.98 Å². The molecule has 0 saturated heterocycles. The summed E-state index contributed by atoms with van der Waals surface area (Å²) < 4.78 is 5.31. The Morgan fingerprint density at radius 3 is 2.77 bits per heavy atom. The van der Waals surface area contributed by atoms with Crippen molar-refractivity contribution in [1.29, 1.82) is 0 Å². The van der Waals surface area contributed by atoms with E-state index in [0.717, 1.165) is 41.9 Å². The van der Waals surface area contributed by atoms with E-state index in [0.29, 0.717) is 6.54 Å². The number of rotatable bonds is 6. The van der Waals surface area contributed by atoms with Crippen LogP contribution in [0.2, 0.25) is 0 Å². The number of guanidine groups is 1. The lowest BCUT2D eigenvalue weighted by Crippen LogP contribution is -2.38. The first-order chi connectivity index (χ1) is 10.2. The minimum absolute atomic E-state index is 0. The van der Waals surface area contributed by atoms with E-state index in [9.17, 15) is 0 Å². The van der Waals surface area contributed by atoms with Crippen LogP contribution in [-0.4, -0.2) is 24.0 Å². The molecule has 0 aromatic carbocycles. The van der Waals surface area contributed by atoms with Gasteiger partial charge in [-0.05, 0) is 32.9 Å². The third-order valence-electron chi connectivity index (χ3n) is 3.03. The zero-order chi connectivity index (χ0) is 15.1. The standard InChI is InChI=1S/C15H22N4OS.HI/c1-4-16-15(17-8-7-13-6-5-9-20-13)18-10-14-19-11(2)12(3)21-14;/h5-6,9H,4,7-8,10H2,1-3H3,(H2,16,17,18);1H. The predicted molar refractivity (Wildman–Crippen MR) is 102 cm³/mol. The smallest absolute Gasteiger partial charge is 0.191 e. The maximum atomic E-state index is 5.31. The summed E-state index contributed by atoms with van der Waals surface area (Å²) in [5, 5.41) is 7.60. The van der Waals surface area contributed by atoms with Crippen LogP contribution in [0.1, 0.15) is 28.3 Å². The molecule has 0 aliphatic rings. The third-order valence-corrected chi connectivity index (χ3v) is 4.09. The van der Waals surface area contributed by atoms with Gasteiger partial charge in [0.1, 0.15) is 10.8 Å². The topological polar surface area (TPSA) is 62.5 Å². The summed E-state index contributed by atoms with van der Waals surface area (Å²) in [7, 11) is 0. The molecular weight excluding hydrogens is 411 g/mol. The van der Waals surface area contributed by atoms with E-state index < -0.39 is 0 Å². The number of aromatic nitrogens is 1. The Morgan fingerprint density at radius 2 is 2.18 bits per heavy atom. The van der Waals surface area contributed by atoms with Crippen LogP contribution in [0.5, 0.6) is 0 Å². The quantitative estimate of drug-likeness (QED) is 0.416. The van der Waals surface area contributed by atoms with Crippen molar-refractivity contribution in [2.75, 3.05) is 13.1 Å². The molecule has 5 nitrogen and oxygen atoms in total. The number of hydrogen-bond donors (Lipinski definition) is 2. The number of nitrogens with zero attached hydrogens (tertiary/aromatic N) is 2. The molecule has 0 aliphatic heterocycles. The van der Waals surface area contributed by atoms with Crippen molar-refractivity contribution in [2.24, 2.45) is 4.99 Å². The maximum Gasteiger partial charge on any atom is 0.191 e. The molecule has 0 aliphatic carbocycles. The van der Waals surface area contributed by atoms with E-state index in [1.54, 1.807) is 17.6 Å². The summed E-state index contributed by atoms with van der Waals surface area (Å²) in [6.07, 6.45) is 2.54. The van der Waals surface area contributed by atoms with Gasteiger partial charge >= 0.3 is 0 Å². The van der Waals surface area contributed by atoms with Gasteiger partial charge in [-0.2, -0.15) is 0 Å². The first-order valence-electron chi connectivity index (χ1n) is 7.16. The molecule has 2 aromatic rings. The summed E-state index contributed by atoms with van der Waals surface area (Å²) in [5.41, 5.74) is 1.10. The van der Waals surface area contributed by atoms with E-state index in [1.807, 2.05) is 19.1 Å². The van der Waals surface area contributed by atoms with Gasteiger partial charge in [0.25, 0.3) is 0 Å². The molecule has 2 N–H and O–H groups in total. The molecule has 122 valence electrons. The van der Waals surface area contributed by atoms with Gasteiger partial charge < -0.3 is 15.1 Å². The molecule has 0 unspecified atom stereocenters. The van der Waals surface area contributed by atoms with Crippen molar-refractivity contribution in [2.45, 2.75) is 33.7 Å². The van der Waals surface area contributed by atoms with Crippen molar-refractivity contribution in [3.8, 4) is 0 Å². The molecule has 2 heterocycles. The van der Waals surface area contributed by atoms with E-state index in [2.05, 4.69) is 34.5 Å². The molecule has 0 bridgehead atoms. The van der Waals surface area contributed by atoms with E-state index in [1.165, 1.54) is 4.88 Å². The van der Waals surface area contributed by atoms with Gasteiger partial charge in [-0.3, -0.25) is 0 Å². The fourth-order valence-corrected chi connectivity index (χ4v) is 2.71. The van der Waals surface area contributed by atoms with E-state index in [-0.39, 0.29) is 24.0 Å². The molecular formula is C15H23IN4OS. The number of halogens is 1. The van der Waals surface area contributed by atoms with Crippen LogP contribution in [0.25, 0.3) is 0 Å². The average Bonchev–Trinajstić information content (AvgIpc) is 3.07. The highest BCUT2D eigenvalue weighted by Crippen LogP contribution is 2.16. The minimum atomic E-state index is 0. The van der Waals surface area contributed by atoms with Crippen molar-refractivity contribution in [3.05, 3.63) is 39.7 Å². The first kappa shape index (κ1) is 19.0. The normalized spacial score (nSPS) is 11.1. The molecule has 2 rings (SSSR count). The Kier molecular flexibility index (Phi) is 8.47. The molecule has 0 amide bonds. The largest absolute Gasteiger partial charge is 0.469 e. The van der Waals surface area contributed by atoms with Crippen LogP contribution in [0.15, 0.2) is 27.8 Å². The van der Waals surface area contributed by atoms with Gasteiger partial charge in [0.2, 0.25) is 0 Å². The number of furan rings is 1. The molecule has 0 atom stereocenters. The second kappa shape index (κ2) is 9.83. The Labute approximate surface area is 152 Å². The highest BCUT2D eigenvalue weighted by Gasteiger charge is 2.04.